The molecule has 0 saturated carbocycles. The quantitative estimate of drug-likeness (QED) is 0.764. The molecule has 2 aromatic carbocycles. The van der Waals surface area contributed by atoms with Gasteiger partial charge in [0.15, 0.2) is 0 Å². The third-order valence-corrected chi connectivity index (χ3v) is 4.78. The van der Waals surface area contributed by atoms with Gasteiger partial charge in [0.1, 0.15) is 5.75 Å². The molecule has 3 aromatic rings. The normalized spacial score (nSPS) is 12.5. The molecule has 0 aliphatic carbocycles. The molecule has 1 N–H and O–H groups in total. The van der Waals surface area contributed by atoms with E-state index in [-0.39, 0.29) is 6.04 Å². The SMILES string of the molecule is CNC(c1ccc2cc(OC)ccc2c1)c1cscc1C. The van der Waals surface area contributed by atoms with Crippen LogP contribution in [0.25, 0.3) is 10.8 Å². The van der Waals surface area contributed by atoms with E-state index in [0.29, 0.717) is 0 Å². The average molecular weight is 297 g/mol. The molecule has 1 unspecified atom stereocenters. The van der Waals surface area contributed by atoms with Crippen LogP contribution in [0.15, 0.2) is 47.2 Å². The molecule has 0 amide bonds. The van der Waals surface area contributed by atoms with Gasteiger partial charge in [-0.15, -0.1) is 0 Å². The number of aryl methyl sites for hydroxylation is 1. The Morgan fingerprint density at radius 2 is 1.81 bits per heavy atom. The van der Waals surface area contributed by atoms with Crippen LogP contribution in [0, 0.1) is 6.92 Å². The number of fused-ring (bicyclic) bond motifs is 1. The second-order valence-corrected chi connectivity index (χ2v) is 5.95. The summed E-state index contributed by atoms with van der Waals surface area (Å²) in [5.41, 5.74) is 3.99. The number of rotatable bonds is 4. The molecule has 1 aromatic heterocycles. The summed E-state index contributed by atoms with van der Waals surface area (Å²) in [6.45, 7) is 2.17. The van der Waals surface area contributed by atoms with Gasteiger partial charge in [-0.25, -0.2) is 0 Å². The molecule has 0 aliphatic heterocycles. The van der Waals surface area contributed by atoms with Gasteiger partial charge >= 0.3 is 0 Å². The second kappa shape index (κ2) is 5.88. The molecule has 1 heterocycles. The fourth-order valence-corrected chi connectivity index (χ4v) is 3.59. The van der Waals surface area contributed by atoms with Crippen molar-refractivity contribution in [3.63, 3.8) is 0 Å². The fourth-order valence-electron chi connectivity index (χ4n) is 2.72. The van der Waals surface area contributed by atoms with E-state index >= 15 is 0 Å². The summed E-state index contributed by atoms with van der Waals surface area (Å²) < 4.78 is 5.28. The third-order valence-electron chi connectivity index (χ3n) is 3.90. The molecule has 0 fully saturated rings. The van der Waals surface area contributed by atoms with Crippen LogP contribution in [0.2, 0.25) is 0 Å². The number of benzene rings is 2. The zero-order chi connectivity index (χ0) is 14.8. The van der Waals surface area contributed by atoms with Gasteiger partial charge in [0, 0.05) is 0 Å². The highest BCUT2D eigenvalue weighted by Gasteiger charge is 2.15. The standard InChI is InChI=1S/C18H19NOS/c1-12-10-21-11-17(12)18(19-2)15-5-4-14-9-16(20-3)7-6-13(14)8-15/h4-11,18-19H,1-3H3. The van der Waals surface area contributed by atoms with Crippen LogP contribution in [0.1, 0.15) is 22.7 Å². The summed E-state index contributed by atoms with van der Waals surface area (Å²) in [4.78, 5) is 0. The summed E-state index contributed by atoms with van der Waals surface area (Å²) in [6.07, 6.45) is 0. The first-order chi connectivity index (χ1) is 10.2. The zero-order valence-electron chi connectivity index (χ0n) is 12.5. The lowest BCUT2D eigenvalue weighted by Crippen LogP contribution is -2.17. The fraction of sp³-hybridized carbons (Fsp3) is 0.222. The van der Waals surface area contributed by atoms with Crippen LogP contribution in [0.3, 0.4) is 0 Å². The van der Waals surface area contributed by atoms with Crippen molar-refractivity contribution in [3.8, 4) is 5.75 Å². The predicted octanol–water partition coefficient (Wildman–Crippen LogP) is 4.53. The van der Waals surface area contributed by atoms with E-state index in [9.17, 15) is 0 Å². The van der Waals surface area contributed by atoms with Crippen LogP contribution < -0.4 is 10.1 Å². The molecule has 0 radical (unpaired) electrons. The Kier molecular flexibility index (Phi) is 3.95. The van der Waals surface area contributed by atoms with Crippen molar-refractivity contribution < 1.29 is 4.74 Å². The third kappa shape index (κ3) is 2.67. The van der Waals surface area contributed by atoms with Crippen LogP contribution in [0.4, 0.5) is 0 Å². The maximum absolute atomic E-state index is 5.28. The van der Waals surface area contributed by atoms with Crippen molar-refractivity contribution in [1.29, 1.82) is 0 Å². The molecule has 3 heteroatoms. The highest BCUT2D eigenvalue weighted by atomic mass is 32.1. The first-order valence-corrected chi connectivity index (χ1v) is 7.95. The van der Waals surface area contributed by atoms with Crippen LogP contribution in [-0.4, -0.2) is 14.2 Å². The van der Waals surface area contributed by atoms with Gasteiger partial charge in [-0.05, 0) is 70.4 Å². The van der Waals surface area contributed by atoms with Gasteiger partial charge in [0.05, 0.1) is 13.2 Å². The Labute approximate surface area is 129 Å². The van der Waals surface area contributed by atoms with Crippen molar-refractivity contribution in [2.45, 2.75) is 13.0 Å². The molecule has 3 rings (SSSR count). The number of hydrogen-bond donors (Lipinski definition) is 1. The maximum Gasteiger partial charge on any atom is 0.119 e. The first-order valence-electron chi connectivity index (χ1n) is 7.00. The highest BCUT2D eigenvalue weighted by molar-refractivity contribution is 7.08. The lowest BCUT2D eigenvalue weighted by molar-refractivity contribution is 0.415. The number of ether oxygens (including phenoxy) is 1. The van der Waals surface area contributed by atoms with Crippen LogP contribution in [-0.2, 0) is 0 Å². The van der Waals surface area contributed by atoms with Gasteiger partial charge in [-0.3, -0.25) is 0 Å². The summed E-state index contributed by atoms with van der Waals surface area (Å²) in [7, 11) is 3.71. The molecule has 2 nitrogen and oxygen atoms in total. The molecular weight excluding hydrogens is 278 g/mol. The Morgan fingerprint density at radius 3 is 2.48 bits per heavy atom. The predicted molar refractivity (Wildman–Crippen MR) is 90.5 cm³/mol. The first kappa shape index (κ1) is 14.1. The minimum atomic E-state index is 0.239. The smallest absolute Gasteiger partial charge is 0.119 e. The zero-order valence-corrected chi connectivity index (χ0v) is 13.3. The topological polar surface area (TPSA) is 21.3 Å². The van der Waals surface area contributed by atoms with Crippen molar-refractivity contribution >= 4 is 22.1 Å². The van der Waals surface area contributed by atoms with Gasteiger partial charge < -0.3 is 10.1 Å². The molecule has 0 saturated heterocycles. The Morgan fingerprint density at radius 1 is 1.05 bits per heavy atom. The second-order valence-electron chi connectivity index (χ2n) is 5.20. The molecule has 1 atom stereocenters. The van der Waals surface area contributed by atoms with E-state index in [1.807, 2.05) is 13.1 Å². The summed E-state index contributed by atoms with van der Waals surface area (Å²) in [5.74, 6) is 0.897. The largest absolute Gasteiger partial charge is 0.497 e. The molecule has 21 heavy (non-hydrogen) atoms. The average Bonchev–Trinajstić information content (AvgIpc) is 2.93. The number of hydrogen-bond acceptors (Lipinski definition) is 3. The van der Waals surface area contributed by atoms with Gasteiger partial charge in [0.2, 0.25) is 0 Å². The van der Waals surface area contributed by atoms with E-state index in [1.54, 1.807) is 18.4 Å². The van der Waals surface area contributed by atoms with Gasteiger partial charge in [-0.1, -0.05) is 18.2 Å². The van der Waals surface area contributed by atoms with Crippen LogP contribution >= 0.6 is 11.3 Å². The molecule has 0 bridgehead atoms. The van der Waals surface area contributed by atoms with E-state index in [0.717, 1.165) is 5.75 Å². The Bertz CT molecular complexity index is 763. The molecule has 108 valence electrons. The summed E-state index contributed by atoms with van der Waals surface area (Å²) in [5, 5.41) is 10.3. The van der Waals surface area contributed by atoms with E-state index in [1.165, 1.54) is 27.5 Å². The summed E-state index contributed by atoms with van der Waals surface area (Å²) >= 11 is 1.76. The lowest BCUT2D eigenvalue weighted by Gasteiger charge is -2.17. The molecular formula is C18H19NOS. The van der Waals surface area contributed by atoms with E-state index < -0.39 is 0 Å². The lowest BCUT2D eigenvalue weighted by atomic mass is 9.96. The van der Waals surface area contributed by atoms with E-state index in [4.69, 9.17) is 4.74 Å². The van der Waals surface area contributed by atoms with Crippen molar-refractivity contribution in [3.05, 3.63) is 63.8 Å². The molecule has 0 spiro atoms. The Hall–Kier alpha value is -1.84. The maximum atomic E-state index is 5.28. The van der Waals surface area contributed by atoms with Gasteiger partial charge in [-0.2, -0.15) is 11.3 Å². The van der Waals surface area contributed by atoms with Crippen molar-refractivity contribution in [2.75, 3.05) is 14.2 Å². The minimum Gasteiger partial charge on any atom is -0.497 e. The highest BCUT2D eigenvalue weighted by Crippen LogP contribution is 2.30. The van der Waals surface area contributed by atoms with Crippen molar-refractivity contribution in [2.24, 2.45) is 0 Å². The van der Waals surface area contributed by atoms with Crippen LogP contribution in [0.5, 0.6) is 5.75 Å². The monoisotopic (exact) mass is 297 g/mol. The minimum absolute atomic E-state index is 0.239. The number of thiophene rings is 1. The summed E-state index contributed by atoms with van der Waals surface area (Å²) in [6, 6.07) is 13.1. The van der Waals surface area contributed by atoms with E-state index in [2.05, 4.69) is 53.3 Å². The van der Waals surface area contributed by atoms with Crippen molar-refractivity contribution in [1.82, 2.24) is 5.32 Å². The Balaban J connectivity index is 2.05. The molecule has 0 aliphatic rings. The number of nitrogens with one attached hydrogen (secondary N) is 1. The van der Waals surface area contributed by atoms with Gasteiger partial charge in [0.25, 0.3) is 0 Å². The number of methoxy groups -OCH3 is 1.